The summed E-state index contributed by atoms with van der Waals surface area (Å²) in [5.74, 6) is 1.89. The number of aliphatic imine (C=N–C) groups is 1. The maximum atomic E-state index is 5.27. The molecule has 0 unspecified atom stereocenters. The molecule has 0 aromatic heterocycles. The van der Waals surface area contributed by atoms with Crippen LogP contribution in [0.5, 0.6) is 0 Å². The van der Waals surface area contributed by atoms with Crippen molar-refractivity contribution in [1.29, 1.82) is 0 Å². The SMILES string of the molecule is CCNC(=NCC1(N2CCCCC2)CCN(C)CC1)N1CCN(CC(C)C)CC1. The van der Waals surface area contributed by atoms with Gasteiger partial charge in [-0.2, -0.15) is 0 Å². The zero-order valence-corrected chi connectivity index (χ0v) is 19.6. The number of hydrogen-bond acceptors (Lipinski definition) is 4. The molecule has 3 heterocycles. The van der Waals surface area contributed by atoms with E-state index in [1.54, 1.807) is 0 Å². The first kappa shape index (κ1) is 22.8. The monoisotopic (exact) mass is 406 g/mol. The van der Waals surface area contributed by atoms with E-state index in [9.17, 15) is 0 Å². The summed E-state index contributed by atoms with van der Waals surface area (Å²) in [4.78, 5) is 15.7. The van der Waals surface area contributed by atoms with Crippen LogP contribution < -0.4 is 5.32 Å². The highest BCUT2D eigenvalue weighted by atomic mass is 15.4. The summed E-state index contributed by atoms with van der Waals surface area (Å²) >= 11 is 0. The first-order chi connectivity index (χ1) is 14.0. The Morgan fingerprint density at radius 3 is 2.17 bits per heavy atom. The van der Waals surface area contributed by atoms with Gasteiger partial charge < -0.3 is 15.1 Å². The molecule has 0 bridgehead atoms. The van der Waals surface area contributed by atoms with E-state index < -0.39 is 0 Å². The molecule has 0 aromatic carbocycles. The molecule has 6 heteroatoms. The van der Waals surface area contributed by atoms with Crippen molar-refractivity contribution in [3.63, 3.8) is 0 Å². The van der Waals surface area contributed by atoms with Crippen molar-refractivity contribution >= 4 is 5.96 Å². The Kier molecular flexibility index (Phi) is 8.63. The van der Waals surface area contributed by atoms with E-state index in [-0.39, 0.29) is 5.54 Å². The highest BCUT2D eigenvalue weighted by Gasteiger charge is 2.39. The lowest BCUT2D eigenvalue weighted by molar-refractivity contribution is 0.0205. The molecule has 0 atom stereocenters. The molecule has 3 aliphatic rings. The lowest BCUT2D eigenvalue weighted by Gasteiger charge is -2.49. The average molecular weight is 407 g/mol. The predicted octanol–water partition coefficient (Wildman–Crippen LogP) is 2.18. The largest absolute Gasteiger partial charge is 0.357 e. The Morgan fingerprint density at radius 1 is 0.931 bits per heavy atom. The Morgan fingerprint density at radius 2 is 1.59 bits per heavy atom. The number of likely N-dealkylation sites (tertiary alicyclic amines) is 2. The van der Waals surface area contributed by atoms with Crippen LogP contribution in [-0.4, -0.2) is 110 Å². The van der Waals surface area contributed by atoms with Crippen LogP contribution in [0.3, 0.4) is 0 Å². The quantitative estimate of drug-likeness (QED) is 0.541. The third-order valence-corrected chi connectivity index (χ3v) is 7.10. The fourth-order valence-corrected chi connectivity index (χ4v) is 5.28. The summed E-state index contributed by atoms with van der Waals surface area (Å²) in [5.41, 5.74) is 0.271. The summed E-state index contributed by atoms with van der Waals surface area (Å²) in [5, 5.41) is 3.60. The second-order valence-electron chi connectivity index (χ2n) is 9.93. The molecule has 0 radical (unpaired) electrons. The summed E-state index contributed by atoms with van der Waals surface area (Å²) in [7, 11) is 2.27. The van der Waals surface area contributed by atoms with Gasteiger partial charge in [-0.1, -0.05) is 20.3 Å². The van der Waals surface area contributed by atoms with Crippen LogP contribution in [0, 0.1) is 5.92 Å². The van der Waals surface area contributed by atoms with Crippen molar-refractivity contribution in [3.05, 3.63) is 0 Å². The lowest BCUT2D eigenvalue weighted by Crippen LogP contribution is -2.59. The highest BCUT2D eigenvalue weighted by molar-refractivity contribution is 5.80. The maximum absolute atomic E-state index is 5.27. The second kappa shape index (κ2) is 11.0. The van der Waals surface area contributed by atoms with Crippen LogP contribution in [0.2, 0.25) is 0 Å². The number of guanidine groups is 1. The predicted molar refractivity (Wildman–Crippen MR) is 124 cm³/mol. The minimum Gasteiger partial charge on any atom is -0.357 e. The van der Waals surface area contributed by atoms with Gasteiger partial charge in [0.1, 0.15) is 0 Å². The van der Waals surface area contributed by atoms with Crippen LogP contribution in [0.15, 0.2) is 4.99 Å². The number of rotatable bonds is 6. The van der Waals surface area contributed by atoms with E-state index in [1.165, 1.54) is 64.8 Å². The van der Waals surface area contributed by atoms with Crippen molar-refractivity contribution < 1.29 is 0 Å². The third-order valence-electron chi connectivity index (χ3n) is 7.10. The Hall–Kier alpha value is -0.850. The van der Waals surface area contributed by atoms with Crippen molar-refractivity contribution in [1.82, 2.24) is 24.9 Å². The molecule has 0 amide bonds. The van der Waals surface area contributed by atoms with Gasteiger partial charge in [-0.15, -0.1) is 0 Å². The normalized spacial score (nSPS) is 25.6. The zero-order chi connectivity index (χ0) is 20.7. The van der Waals surface area contributed by atoms with Gasteiger partial charge in [0.2, 0.25) is 0 Å². The maximum Gasteiger partial charge on any atom is 0.194 e. The van der Waals surface area contributed by atoms with Gasteiger partial charge in [0, 0.05) is 44.8 Å². The molecule has 168 valence electrons. The molecule has 3 aliphatic heterocycles. The third kappa shape index (κ3) is 6.31. The summed E-state index contributed by atoms with van der Waals surface area (Å²) in [6, 6.07) is 0. The van der Waals surface area contributed by atoms with Crippen LogP contribution in [0.4, 0.5) is 0 Å². The minimum absolute atomic E-state index is 0.271. The molecule has 0 aromatic rings. The summed E-state index contributed by atoms with van der Waals surface area (Å²) in [6.45, 7) is 19.4. The van der Waals surface area contributed by atoms with Gasteiger partial charge in [-0.05, 0) is 71.8 Å². The Labute approximate surface area is 179 Å². The number of hydrogen-bond donors (Lipinski definition) is 1. The standard InChI is InChI=1S/C23H46N6/c1-5-24-22(28-17-15-27(16-18-28)19-21(2)3)25-20-23(9-13-26(4)14-10-23)29-11-7-6-8-12-29/h21H,5-20H2,1-4H3,(H,24,25). The number of piperazine rings is 1. The Bertz CT molecular complexity index is 497. The van der Waals surface area contributed by atoms with E-state index in [2.05, 4.69) is 52.7 Å². The van der Waals surface area contributed by atoms with E-state index in [4.69, 9.17) is 4.99 Å². The molecule has 0 spiro atoms. The number of nitrogens with one attached hydrogen (secondary N) is 1. The van der Waals surface area contributed by atoms with Gasteiger partial charge in [0.05, 0.1) is 6.54 Å². The van der Waals surface area contributed by atoms with Crippen LogP contribution in [0.25, 0.3) is 0 Å². The van der Waals surface area contributed by atoms with Gasteiger partial charge in [-0.25, -0.2) is 0 Å². The van der Waals surface area contributed by atoms with Crippen molar-refractivity contribution in [2.24, 2.45) is 10.9 Å². The molecule has 1 N–H and O–H groups in total. The molecular weight excluding hydrogens is 360 g/mol. The van der Waals surface area contributed by atoms with Gasteiger partial charge in [0.15, 0.2) is 5.96 Å². The first-order valence-electron chi connectivity index (χ1n) is 12.2. The second-order valence-corrected chi connectivity index (χ2v) is 9.93. The van der Waals surface area contributed by atoms with E-state index >= 15 is 0 Å². The van der Waals surface area contributed by atoms with Crippen molar-refractivity contribution in [2.45, 2.75) is 58.4 Å². The molecule has 3 saturated heterocycles. The summed E-state index contributed by atoms with van der Waals surface area (Å²) < 4.78 is 0. The van der Waals surface area contributed by atoms with E-state index in [0.29, 0.717) is 0 Å². The molecule has 6 nitrogen and oxygen atoms in total. The highest BCUT2D eigenvalue weighted by Crippen LogP contribution is 2.31. The topological polar surface area (TPSA) is 37.4 Å². The average Bonchev–Trinajstić information content (AvgIpc) is 2.73. The van der Waals surface area contributed by atoms with Gasteiger partial charge in [0.25, 0.3) is 0 Å². The van der Waals surface area contributed by atoms with Crippen molar-refractivity contribution in [3.8, 4) is 0 Å². The molecule has 3 fully saturated rings. The fraction of sp³-hybridized carbons (Fsp3) is 0.957. The number of piperidine rings is 2. The molecular formula is C23H46N6. The van der Waals surface area contributed by atoms with Gasteiger partial charge >= 0.3 is 0 Å². The van der Waals surface area contributed by atoms with Gasteiger partial charge in [-0.3, -0.25) is 14.8 Å². The van der Waals surface area contributed by atoms with Crippen LogP contribution >= 0.6 is 0 Å². The molecule has 29 heavy (non-hydrogen) atoms. The molecule has 3 rings (SSSR count). The van der Waals surface area contributed by atoms with Crippen molar-refractivity contribution in [2.75, 3.05) is 79.0 Å². The van der Waals surface area contributed by atoms with E-state index in [0.717, 1.165) is 51.1 Å². The zero-order valence-electron chi connectivity index (χ0n) is 19.6. The summed E-state index contributed by atoms with van der Waals surface area (Å²) in [6.07, 6.45) is 6.64. The fourth-order valence-electron chi connectivity index (χ4n) is 5.28. The Balaban J connectivity index is 1.66. The first-order valence-corrected chi connectivity index (χ1v) is 12.2. The lowest BCUT2D eigenvalue weighted by atomic mass is 9.84. The smallest absolute Gasteiger partial charge is 0.194 e. The molecule has 0 aliphatic carbocycles. The number of nitrogens with zero attached hydrogens (tertiary/aromatic N) is 5. The van der Waals surface area contributed by atoms with Crippen LogP contribution in [-0.2, 0) is 0 Å². The van der Waals surface area contributed by atoms with E-state index in [1.807, 2.05) is 0 Å². The van der Waals surface area contributed by atoms with Crippen LogP contribution in [0.1, 0.15) is 52.9 Å². The minimum atomic E-state index is 0.271. The molecule has 0 saturated carbocycles.